The molecule has 0 amide bonds. The largest absolute Gasteiger partial charge is 0.478 e. The molecule has 0 aliphatic heterocycles. The van der Waals surface area contributed by atoms with Crippen LogP contribution in [0, 0.1) is 0 Å². The molecule has 0 bridgehead atoms. The summed E-state index contributed by atoms with van der Waals surface area (Å²) in [6.07, 6.45) is 1.34. The molecule has 0 saturated heterocycles. The van der Waals surface area contributed by atoms with Gasteiger partial charge in [0.15, 0.2) is 0 Å². The summed E-state index contributed by atoms with van der Waals surface area (Å²) in [5.41, 5.74) is 1.94. The number of aromatic carboxylic acids is 1. The van der Waals surface area contributed by atoms with Gasteiger partial charge in [-0.1, -0.05) is 63.2 Å². The summed E-state index contributed by atoms with van der Waals surface area (Å²) in [6, 6.07) is 17.6. The van der Waals surface area contributed by atoms with Crippen LogP contribution in [-0.2, 0) is 22.0 Å². The van der Waals surface area contributed by atoms with Gasteiger partial charge in [-0.05, 0) is 41.7 Å². The molecule has 7 nitrogen and oxygen atoms in total. The van der Waals surface area contributed by atoms with Crippen LogP contribution in [0.1, 0.15) is 49.2 Å². The minimum atomic E-state index is -3.90. The number of pyridine rings is 1. The first-order chi connectivity index (χ1) is 15.5. The lowest BCUT2D eigenvalue weighted by atomic mass is 9.87. The van der Waals surface area contributed by atoms with E-state index in [9.17, 15) is 18.3 Å². The van der Waals surface area contributed by atoms with E-state index in [1.807, 2.05) is 62.9 Å². The summed E-state index contributed by atoms with van der Waals surface area (Å²) in [5.74, 6) is -0.897. The molecule has 0 radical (unpaired) electrons. The first kappa shape index (κ1) is 24.3. The van der Waals surface area contributed by atoms with Crippen LogP contribution in [0.3, 0.4) is 0 Å². The Morgan fingerprint density at radius 2 is 1.70 bits per heavy atom. The molecule has 33 heavy (non-hydrogen) atoms. The SMILES string of the molecule is CCN(Cc1ccccc1)c1ncc(NS(=O)(=O)c2ccc(C(C)(C)C)cc2)cc1C(=O)O. The van der Waals surface area contributed by atoms with Crippen molar-refractivity contribution in [2.75, 3.05) is 16.2 Å². The van der Waals surface area contributed by atoms with Crippen molar-refractivity contribution >= 4 is 27.5 Å². The minimum absolute atomic E-state index is 0.0731. The lowest BCUT2D eigenvalue weighted by Gasteiger charge is -2.24. The van der Waals surface area contributed by atoms with E-state index in [1.165, 1.54) is 12.3 Å². The maximum atomic E-state index is 12.9. The lowest BCUT2D eigenvalue weighted by molar-refractivity contribution is 0.0697. The molecule has 8 heteroatoms. The molecular weight excluding hydrogens is 438 g/mol. The number of sulfonamides is 1. The van der Waals surface area contributed by atoms with Crippen molar-refractivity contribution in [3.63, 3.8) is 0 Å². The van der Waals surface area contributed by atoms with Crippen LogP contribution in [0.2, 0.25) is 0 Å². The number of carboxylic acids is 1. The van der Waals surface area contributed by atoms with Gasteiger partial charge in [0.1, 0.15) is 11.4 Å². The fraction of sp³-hybridized carbons (Fsp3) is 0.280. The summed E-state index contributed by atoms with van der Waals surface area (Å²) in [4.78, 5) is 18.2. The number of anilines is 2. The number of rotatable bonds is 8. The van der Waals surface area contributed by atoms with Crippen molar-refractivity contribution in [2.24, 2.45) is 0 Å². The van der Waals surface area contributed by atoms with Gasteiger partial charge in [0.05, 0.1) is 16.8 Å². The number of carbonyl (C=O) groups is 1. The van der Waals surface area contributed by atoms with Gasteiger partial charge < -0.3 is 10.0 Å². The van der Waals surface area contributed by atoms with E-state index in [1.54, 1.807) is 24.3 Å². The Morgan fingerprint density at radius 1 is 1.06 bits per heavy atom. The average molecular weight is 468 g/mol. The second-order valence-corrected chi connectivity index (χ2v) is 10.5. The van der Waals surface area contributed by atoms with Gasteiger partial charge in [0.25, 0.3) is 10.0 Å². The second-order valence-electron chi connectivity index (χ2n) is 8.78. The fourth-order valence-corrected chi connectivity index (χ4v) is 4.45. The lowest BCUT2D eigenvalue weighted by Crippen LogP contribution is -2.25. The quantitative estimate of drug-likeness (QED) is 0.489. The first-order valence-electron chi connectivity index (χ1n) is 10.7. The molecule has 1 aromatic heterocycles. The zero-order valence-electron chi connectivity index (χ0n) is 19.2. The standard InChI is InChI=1S/C25H29N3O4S/c1-5-28(17-18-9-7-6-8-10-18)23-22(24(29)30)15-20(16-26-23)27-33(31,32)21-13-11-19(12-14-21)25(2,3)4/h6-16,27H,5,17H2,1-4H3,(H,29,30). The number of benzene rings is 2. The van der Waals surface area contributed by atoms with Crippen LogP contribution in [0.5, 0.6) is 0 Å². The third-order valence-electron chi connectivity index (χ3n) is 5.28. The molecule has 3 rings (SSSR count). The first-order valence-corrected chi connectivity index (χ1v) is 12.1. The second kappa shape index (κ2) is 9.62. The van der Waals surface area contributed by atoms with Crippen molar-refractivity contribution in [3.8, 4) is 0 Å². The van der Waals surface area contributed by atoms with Crippen LogP contribution in [0.4, 0.5) is 11.5 Å². The van der Waals surface area contributed by atoms with Crippen LogP contribution >= 0.6 is 0 Å². The summed E-state index contributed by atoms with van der Waals surface area (Å²) < 4.78 is 28.2. The molecule has 0 atom stereocenters. The van der Waals surface area contributed by atoms with Crippen molar-refractivity contribution in [1.82, 2.24) is 4.98 Å². The Morgan fingerprint density at radius 3 is 2.24 bits per heavy atom. The monoisotopic (exact) mass is 467 g/mol. The molecular formula is C25H29N3O4S. The molecule has 0 aliphatic carbocycles. The molecule has 0 unspecified atom stereocenters. The predicted octanol–water partition coefficient (Wildman–Crippen LogP) is 4.90. The highest BCUT2D eigenvalue weighted by molar-refractivity contribution is 7.92. The van der Waals surface area contributed by atoms with Gasteiger partial charge >= 0.3 is 5.97 Å². The summed E-state index contributed by atoms with van der Waals surface area (Å²) in [7, 11) is -3.90. The molecule has 0 spiro atoms. The third-order valence-corrected chi connectivity index (χ3v) is 6.67. The van der Waals surface area contributed by atoms with E-state index in [-0.39, 0.29) is 27.4 Å². The molecule has 0 fully saturated rings. The zero-order valence-corrected chi connectivity index (χ0v) is 20.1. The fourth-order valence-electron chi connectivity index (χ4n) is 3.41. The van der Waals surface area contributed by atoms with Crippen LogP contribution in [0.25, 0.3) is 0 Å². The highest BCUT2D eigenvalue weighted by atomic mass is 32.2. The predicted molar refractivity (Wildman–Crippen MR) is 130 cm³/mol. The minimum Gasteiger partial charge on any atom is -0.478 e. The normalized spacial score (nSPS) is 11.8. The Labute approximate surface area is 195 Å². The van der Waals surface area contributed by atoms with Gasteiger partial charge in [-0.15, -0.1) is 0 Å². The van der Waals surface area contributed by atoms with Crippen LogP contribution in [-0.4, -0.2) is 31.0 Å². The zero-order chi connectivity index (χ0) is 24.2. The van der Waals surface area contributed by atoms with Gasteiger partial charge in [0, 0.05) is 13.1 Å². The Kier molecular flexibility index (Phi) is 7.07. The number of carboxylic acid groups (broad SMARTS) is 1. The van der Waals surface area contributed by atoms with E-state index >= 15 is 0 Å². The number of hydrogen-bond acceptors (Lipinski definition) is 5. The number of aromatic nitrogens is 1. The topological polar surface area (TPSA) is 99.6 Å². The Balaban J connectivity index is 1.88. The van der Waals surface area contributed by atoms with E-state index < -0.39 is 16.0 Å². The van der Waals surface area contributed by atoms with Crippen molar-refractivity contribution < 1.29 is 18.3 Å². The number of hydrogen-bond donors (Lipinski definition) is 2. The van der Waals surface area contributed by atoms with Crippen molar-refractivity contribution in [2.45, 2.75) is 44.6 Å². The molecule has 2 N–H and O–H groups in total. The van der Waals surface area contributed by atoms with Gasteiger partial charge in [-0.2, -0.15) is 0 Å². The Bertz CT molecular complexity index is 1220. The highest BCUT2D eigenvalue weighted by Crippen LogP contribution is 2.26. The highest BCUT2D eigenvalue weighted by Gasteiger charge is 2.21. The van der Waals surface area contributed by atoms with E-state index in [0.717, 1.165) is 11.1 Å². The van der Waals surface area contributed by atoms with Gasteiger partial charge in [-0.3, -0.25) is 4.72 Å². The maximum Gasteiger partial charge on any atom is 0.339 e. The summed E-state index contributed by atoms with van der Waals surface area (Å²) in [6.45, 7) is 9.07. The average Bonchev–Trinajstić information content (AvgIpc) is 2.77. The molecule has 174 valence electrons. The van der Waals surface area contributed by atoms with Crippen molar-refractivity contribution in [1.29, 1.82) is 0 Å². The van der Waals surface area contributed by atoms with Gasteiger partial charge in [-0.25, -0.2) is 18.2 Å². The van der Waals surface area contributed by atoms with Crippen molar-refractivity contribution in [3.05, 3.63) is 83.6 Å². The molecule has 1 heterocycles. The maximum absolute atomic E-state index is 12.9. The van der Waals surface area contributed by atoms with E-state index in [2.05, 4.69) is 9.71 Å². The third kappa shape index (κ3) is 5.90. The van der Waals surface area contributed by atoms with Gasteiger partial charge in [0.2, 0.25) is 0 Å². The van der Waals surface area contributed by atoms with E-state index in [4.69, 9.17) is 0 Å². The number of nitrogens with one attached hydrogen (secondary N) is 1. The van der Waals surface area contributed by atoms with E-state index in [0.29, 0.717) is 13.1 Å². The number of nitrogens with zero attached hydrogens (tertiary/aromatic N) is 2. The van der Waals surface area contributed by atoms with Crippen LogP contribution < -0.4 is 9.62 Å². The van der Waals surface area contributed by atoms with Crippen LogP contribution in [0.15, 0.2) is 71.8 Å². The summed E-state index contributed by atoms with van der Waals surface area (Å²) in [5, 5.41) is 9.78. The Hall–Kier alpha value is -3.39. The smallest absolute Gasteiger partial charge is 0.339 e. The molecule has 0 saturated carbocycles. The molecule has 2 aromatic carbocycles. The molecule has 0 aliphatic rings. The summed E-state index contributed by atoms with van der Waals surface area (Å²) >= 11 is 0. The molecule has 3 aromatic rings.